The van der Waals surface area contributed by atoms with E-state index in [1.54, 1.807) is 18.3 Å². The van der Waals surface area contributed by atoms with Crippen molar-refractivity contribution < 1.29 is 18.0 Å². The van der Waals surface area contributed by atoms with Gasteiger partial charge in [0.1, 0.15) is 0 Å². The van der Waals surface area contributed by atoms with Crippen LogP contribution in [0.4, 0.5) is 13.2 Å². The third-order valence-corrected chi connectivity index (χ3v) is 4.99. The highest BCUT2D eigenvalue weighted by Gasteiger charge is 2.35. The van der Waals surface area contributed by atoms with E-state index in [1.165, 1.54) is 18.2 Å². The lowest BCUT2D eigenvalue weighted by molar-refractivity contribution is -0.137. The lowest BCUT2D eigenvalue weighted by Crippen LogP contribution is -2.13. The molecule has 29 heavy (non-hydrogen) atoms. The molecule has 4 rings (SSSR count). The predicted molar refractivity (Wildman–Crippen MR) is 107 cm³/mol. The molecular weight excluding hydrogens is 375 g/mol. The zero-order chi connectivity index (χ0) is 20.4. The SMILES string of the molecule is O=C(c1ccccc1C(F)(F)F)c1cn(CCc2ccccc2)c2ccccc12. The molecular formula is C24H18F3NO. The Bertz CT molecular complexity index is 1160. The number of alkyl halides is 3. The van der Waals surface area contributed by atoms with Crippen LogP contribution in [0.1, 0.15) is 27.0 Å². The fourth-order valence-corrected chi connectivity index (χ4v) is 3.58. The van der Waals surface area contributed by atoms with Crippen molar-refractivity contribution in [2.45, 2.75) is 19.1 Å². The zero-order valence-corrected chi connectivity index (χ0v) is 15.5. The molecule has 0 radical (unpaired) electrons. The number of aryl methyl sites for hydroxylation is 2. The molecule has 0 saturated heterocycles. The Kier molecular flexibility index (Phi) is 4.97. The molecule has 0 fully saturated rings. The smallest absolute Gasteiger partial charge is 0.346 e. The van der Waals surface area contributed by atoms with Crippen LogP contribution in [-0.4, -0.2) is 10.4 Å². The van der Waals surface area contributed by atoms with Gasteiger partial charge < -0.3 is 4.57 Å². The van der Waals surface area contributed by atoms with Crippen molar-refractivity contribution in [1.82, 2.24) is 4.57 Å². The van der Waals surface area contributed by atoms with Crippen molar-refractivity contribution in [3.05, 3.63) is 107 Å². The standard InChI is InChI=1S/C24H18F3NO/c25-24(26,27)21-12-6-4-11-19(21)23(29)20-16-28(22-13-7-5-10-18(20)22)15-14-17-8-2-1-3-9-17/h1-13,16H,14-15H2. The zero-order valence-electron chi connectivity index (χ0n) is 15.5. The van der Waals surface area contributed by atoms with Crippen molar-refractivity contribution in [3.63, 3.8) is 0 Å². The number of rotatable bonds is 5. The maximum Gasteiger partial charge on any atom is 0.417 e. The summed E-state index contributed by atoms with van der Waals surface area (Å²) in [4.78, 5) is 13.1. The molecule has 4 aromatic rings. The quantitative estimate of drug-likeness (QED) is 0.374. The Balaban J connectivity index is 1.75. The van der Waals surface area contributed by atoms with Crippen LogP contribution in [0, 0.1) is 0 Å². The Labute approximate surface area is 166 Å². The monoisotopic (exact) mass is 393 g/mol. The van der Waals surface area contributed by atoms with Crippen molar-refractivity contribution in [1.29, 1.82) is 0 Å². The first-order valence-electron chi connectivity index (χ1n) is 9.28. The molecule has 0 saturated carbocycles. The van der Waals surface area contributed by atoms with Crippen LogP contribution in [0.3, 0.4) is 0 Å². The molecule has 1 heterocycles. The van der Waals surface area contributed by atoms with Gasteiger partial charge in [0.25, 0.3) is 0 Å². The minimum absolute atomic E-state index is 0.283. The van der Waals surface area contributed by atoms with Gasteiger partial charge in [-0.25, -0.2) is 0 Å². The van der Waals surface area contributed by atoms with E-state index in [2.05, 4.69) is 0 Å². The summed E-state index contributed by atoms with van der Waals surface area (Å²) in [7, 11) is 0. The molecule has 3 aromatic carbocycles. The van der Waals surface area contributed by atoms with Gasteiger partial charge in [0.05, 0.1) is 5.56 Å². The fourth-order valence-electron chi connectivity index (χ4n) is 3.58. The first-order valence-corrected chi connectivity index (χ1v) is 9.28. The fraction of sp³-hybridized carbons (Fsp3) is 0.125. The highest BCUT2D eigenvalue weighted by Crippen LogP contribution is 2.34. The van der Waals surface area contributed by atoms with Gasteiger partial charge in [0, 0.05) is 34.8 Å². The number of nitrogens with zero attached hydrogens (tertiary/aromatic N) is 1. The molecule has 0 atom stereocenters. The van der Waals surface area contributed by atoms with Gasteiger partial charge in [0.15, 0.2) is 5.78 Å². The lowest BCUT2D eigenvalue weighted by Gasteiger charge is -2.11. The Morgan fingerprint density at radius 2 is 1.45 bits per heavy atom. The number of hydrogen-bond donors (Lipinski definition) is 0. The van der Waals surface area contributed by atoms with E-state index < -0.39 is 17.5 Å². The molecule has 0 aliphatic heterocycles. The maximum absolute atomic E-state index is 13.4. The Hall–Kier alpha value is -3.34. The van der Waals surface area contributed by atoms with Crippen molar-refractivity contribution in [2.75, 3.05) is 0 Å². The molecule has 2 nitrogen and oxygen atoms in total. The van der Waals surface area contributed by atoms with Gasteiger partial charge in [-0.15, -0.1) is 0 Å². The highest BCUT2D eigenvalue weighted by atomic mass is 19.4. The average Bonchev–Trinajstić information content (AvgIpc) is 3.11. The maximum atomic E-state index is 13.4. The van der Waals surface area contributed by atoms with Crippen LogP contribution >= 0.6 is 0 Å². The second-order valence-corrected chi connectivity index (χ2v) is 6.86. The normalized spacial score (nSPS) is 11.7. The molecule has 5 heteroatoms. The second-order valence-electron chi connectivity index (χ2n) is 6.86. The van der Waals surface area contributed by atoms with E-state index in [0.717, 1.165) is 23.6 Å². The van der Waals surface area contributed by atoms with E-state index in [1.807, 2.05) is 47.0 Å². The van der Waals surface area contributed by atoms with E-state index in [-0.39, 0.29) is 11.1 Å². The van der Waals surface area contributed by atoms with Crippen LogP contribution in [0.5, 0.6) is 0 Å². The summed E-state index contributed by atoms with van der Waals surface area (Å²) >= 11 is 0. The minimum Gasteiger partial charge on any atom is -0.346 e. The third-order valence-electron chi connectivity index (χ3n) is 4.99. The van der Waals surface area contributed by atoms with Crippen LogP contribution in [-0.2, 0) is 19.1 Å². The molecule has 0 bridgehead atoms. The number of halogens is 3. The molecule has 0 N–H and O–H groups in total. The number of hydrogen-bond acceptors (Lipinski definition) is 1. The summed E-state index contributed by atoms with van der Waals surface area (Å²) in [6.07, 6.45) is -2.16. The van der Waals surface area contributed by atoms with Crippen LogP contribution in [0.2, 0.25) is 0 Å². The number of para-hydroxylation sites is 1. The summed E-state index contributed by atoms with van der Waals surface area (Å²) in [6.45, 7) is 0.624. The third kappa shape index (κ3) is 3.81. The molecule has 0 spiro atoms. The Morgan fingerprint density at radius 1 is 0.793 bits per heavy atom. The molecule has 1 aromatic heterocycles. The molecule has 0 unspecified atom stereocenters. The number of aromatic nitrogens is 1. The van der Waals surface area contributed by atoms with E-state index >= 15 is 0 Å². The van der Waals surface area contributed by atoms with Crippen molar-refractivity contribution in [3.8, 4) is 0 Å². The van der Waals surface area contributed by atoms with E-state index in [4.69, 9.17) is 0 Å². The molecule has 0 aliphatic rings. The summed E-state index contributed by atoms with van der Waals surface area (Å²) in [5, 5.41) is 0.655. The lowest BCUT2D eigenvalue weighted by atomic mass is 9.98. The average molecular weight is 393 g/mol. The minimum atomic E-state index is -4.59. The first-order chi connectivity index (χ1) is 13.9. The predicted octanol–water partition coefficient (Wildman–Crippen LogP) is 6.13. The number of benzene rings is 3. The van der Waals surface area contributed by atoms with Crippen molar-refractivity contribution >= 4 is 16.7 Å². The van der Waals surface area contributed by atoms with Crippen LogP contribution in [0.15, 0.2) is 85.1 Å². The number of carbonyl (C=O) groups is 1. The van der Waals surface area contributed by atoms with Gasteiger partial charge in [-0.2, -0.15) is 13.2 Å². The topological polar surface area (TPSA) is 22.0 Å². The van der Waals surface area contributed by atoms with Gasteiger partial charge >= 0.3 is 6.18 Å². The van der Waals surface area contributed by atoms with Crippen molar-refractivity contribution in [2.24, 2.45) is 0 Å². The number of carbonyl (C=O) groups excluding carboxylic acids is 1. The summed E-state index contributed by atoms with van der Waals surface area (Å²) in [6, 6.07) is 22.2. The van der Waals surface area contributed by atoms with Gasteiger partial charge in [-0.3, -0.25) is 4.79 Å². The number of ketones is 1. The molecule has 146 valence electrons. The summed E-state index contributed by atoms with van der Waals surface area (Å²) in [5.41, 5.74) is 1.03. The van der Waals surface area contributed by atoms with E-state index in [0.29, 0.717) is 11.9 Å². The molecule has 0 aliphatic carbocycles. The van der Waals surface area contributed by atoms with Crippen LogP contribution < -0.4 is 0 Å². The number of fused-ring (bicyclic) bond motifs is 1. The van der Waals surface area contributed by atoms with Crippen LogP contribution in [0.25, 0.3) is 10.9 Å². The van der Waals surface area contributed by atoms with E-state index in [9.17, 15) is 18.0 Å². The van der Waals surface area contributed by atoms with Gasteiger partial charge in [0.2, 0.25) is 0 Å². The summed E-state index contributed by atoms with van der Waals surface area (Å²) in [5.74, 6) is -0.618. The first kappa shape index (κ1) is 19.0. The largest absolute Gasteiger partial charge is 0.417 e. The summed E-state index contributed by atoms with van der Waals surface area (Å²) < 4.78 is 42.1. The highest BCUT2D eigenvalue weighted by molar-refractivity contribution is 6.17. The Morgan fingerprint density at radius 3 is 2.21 bits per heavy atom. The van der Waals surface area contributed by atoms with Gasteiger partial charge in [-0.05, 0) is 24.1 Å². The van der Waals surface area contributed by atoms with Gasteiger partial charge in [-0.1, -0.05) is 66.7 Å². The second kappa shape index (κ2) is 7.59. The molecule has 0 amide bonds.